The molecule has 2 aromatic rings. The van der Waals surface area contributed by atoms with E-state index in [1.165, 1.54) is 0 Å². The van der Waals surface area contributed by atoms with E-state index < -0.39 is 0 Å². The monoisotopic (exact) mass is 332 g/mol. The van der Waals surface area contributed by atoms with Crippen molar-refractivity contribution in [1.29, 1.82) is 0 Å². The van der Waals surface area contributed by atoms with Crippen LogP contribution in [0, 0.1) is 6.92 Å². The minimum atomic E-state index is 0.136. The average Bonchev–Trinajstić information content (AvgIpc) is 3.15. The number of nitrogens with zero attached hydrogens (tertiary/aromatic N) is 2. The van der Waals surface area contributed by atoms with Gasteiger partial charge >= 0.3 is 0 Å². The number of hydrogen-bond acceptors (Lipinski definition) is 3. The normalized spacial score (nSPS) is 17.7. The molecular formula is C18H21ClN2O2. The van der Waals surface area contributed by atoms with Crippen molar-refractivity contribution < 1.29 is 9.21 Å². The van der Waals surface area contributed by atoms with Crippen LogP contribution in [-0.4, -0.2) is 28.4 Å². The number of carbonyl (C=O) groups excluding carboxylic acids is 1. The van der Waals surface area contributed by atoms with Gasteiger partial charge in [0.1, 0.15) is 5.76 Å². The zero-order valence-corrected chi connectivity index (χ0v) is 14.3. The lowest BCUT2D eigenvalue weighted by atomic mass is 10.1. The van der Waals surface area contributed by atoms with Gasteiger partial charge in [-0.05, 0) is 38.3 Å². The summed E-state index contributed by atoms with van der Waals surface area (Å²) >= 11 is 6.19. The van der Waals surface area contributed by atoms with Crippen molar-refractivity contribution in [2.45, 2.75) is 45.6 Å². The Kier molecular flexibility index (Phi) is 4.71. The largest absolute Gasteiger partial charge is 0.441 e. The third-order valence-corrected chi connectivity index (χ3v) is 4.81. The summed E-state index contributed by atoms with van der Waals surface area (Å²) in [6, 6.07) is 7.80. The molecular weight excluding hydrogens is 312 g/mol. The Balaban J connectivity index is 1.79. The summed E-state index contributed by atoms with van der Waals surface area (Å²) in [6.07, 6.45) is 3.49. The zero-order chi connectivity index (χ0) is 16.4. The van der Waals surface area contributed by atoms with Gasteiger partial charge in [0.05, 0.1) is 22.7 Å². The summed E-state index contributed by atoms with van der Waals surface area (Å²) in [5, 5.41) is 0.595. The van der Waals surface area contributed by atoms with E-state index in [0.29, 0.717) is 28.4 Å². The molecule has 1 aliphatic heterocycles. The highest BCUT2D eigenvalue weighted by Crippen LogP contribution is 2.29. The molecule has 5 heteroatoms. The molecule has 1 saturated heterocycles. The molecule has 1 fully saturated rings. The summed E-state index contributed by atoms with van der Waals surface area (Å²) in [7, 11) is 0. The van der Waals surface area contributed by atoms with Gasteiger partial charge in [0.2, 0.25) is 11.8 Å². The van der Waals surface area contributed by atoms with Crippen molar-refractivity contribution >= 4 is 17.5 Å². The van der Waals surface area contributed by atoms with Crippen LogP contribution in [-0.2, 0) is 11.2 Å². The molecule has 0 radical (unpaired) electrons. The minimum Gasteiger partial charge on any atom is -0.441 e. The van der Waals surface area contributed by atoms with Gasteiger partial charge in [0.15, 0.2) is 0 Å². The predicted molar refractivity (Wildman–Crippen MR) is 90.4 cm³/mol. The Morgan fingerprint density at radius 3 is 2.96 bits per heavy atom. The van der Waals surface area contributed by atoms with Crippen LogP contribution in [0.15, 0.2) is 28.7 Å². The standard InChI is InChI=1S/C18H21ClN2O2/c1-3-13-7-6-10-21(13)17(22)11-16-12(2)23-18(20-16)14-8-4-5-9-15(14)19/h4-5,8-9,13H,3,6-7,10-11H2,1-2H3. The van der Waals surface area contributed by atoms with Gasteiger partial charge in [-0.25, -0.2) is 4.98 Å². The highest BCUT2D eigenvalue weighted by Gasteiger charge is 2.28. The number of oxazole rings is 1. The Labute approximate surface area is 141 Å². The number of amides is 1. The van der Waals surface area contributed by atoms with E-state index in [1.54, 1.807) is 6.07 Å². The molecule has 1 aromatic heterocycles. The lowest BCUT2D eigenvalue weighted by Gasteiger charge is -2.23. The number of rotatable bonds is 4. The van der Waals surface area contributed by atoms with Gasteiger partial charge in [-0.1, -0.05) is 30.7 Å². The summed E-state index contributed by atoms with van der Waals surface area (Å²) in [5.41, 5.74) is 1.45. The Hall–Kier alpha value is -1.81. The number of likely N-dealkylation sites (tertiary alicyclic amines) is 1. The van der Waals surface area contributed by atoms with Crippen LogP contribution in [0.1, 0.15) is 37.6 Å². The highest BCUT2D eigenvalue weighted by molar-refractivity contribution is 6.33. The van der Waals surface area contributed by atoms with E-state index in [2.05, 4.69) is 11.9 Å². The molecule has 0 saturated carbocycles. The minimum absolute atomic E-state index is 0.136. The first-order valence-corrected chi connectivity index (χ1v) is 8.48. The van der Waals surface area contributed by atoms with E-state index in [9.17, 15) is 4.79 Å². The maximum atomic E-state index is 12.6. The first-order valence-electron chi connectivity index (χ1n) is 8.10. The molecule has 0 bridgehead atoms. The average molecular weight is 333 g/mol. The van der Waals surface area contributed by atoms with Crippen LogP contribution in [0.4, 0.5) is 0 Å². The van der Waals surface area contributed by atoms with Gasteiger partial charge < -0.3 is 9.32 Å². The fourth-order valence-electron chi connectivity index (χ4n) is 3.18. The van der Waals surface area contributed by atoms with Crippen molar-refractivity contribution in [2.24, 2.45) is 0 Å². The fourth-order valence-corrected chi connectivity index (χ4v) is 3.39. The van der Waals surface area contributed by atoms with Crippen molar-refractivity contribution in [2.75, 3.05) is 6.54 Å². The molecule has 4 nitrogen and oxygen atoms in total. The molecule has 0 N–H and O–H groups in total. The third kappa shape index (κ3) is 3.27. The predicted octanol–water partition coefficient (Wildman–Crippen LogP) is 4.25. The summed E-state index contributed by atoms with van der Waals surface area (Å²) in [4.78, 5) is 19.1. The second kappa shape index (κ2) is 6.75. The molecule has 1 aliphatic rings. The number of aromatic nitrogens is 1. The van der Waals surface area contributed by atoms with Crippen molar-refractivity contribution in [1.82, 2.24) is 9.88 Å². The molecule has 0 spiro atoms. The second-order valence-corrected chi connectivity index (χ2v) is 6.38. The first-order chi connectivity index (χ1) is 11.1. The number of halogens is 1. The van der Waals surface area contributed by atoms with Crippen LogP contribution >= 0.6 is 11.6 Å². The van der Waals surface area contributed by atoms with Crippen molar-refractivity contribution in [3.05, 3.63) is 40.7 Å². The fraction of sp³-hybridized carbons (Fsp3) is 0.444. The maximum absolute atomic E-state index is 12.6. The maximum Gasteiger partial charge on any atom is 0.228 e. The Morgan fingerprint density at radius 2 is 2.22 bits per heavy atom. The summed E-state index contributed by atoms with van der Waals surface area (Å²) < 4.78 is 5.73. The van der Waals surface area contributed by atoms with Crippen LogP contribution in [0.25, 0.3) is 11.5 Å². The van der Waals surface area contributed by atoms with E-state index in [1.807, 2.05) is 30.0 Å². The molecule has 2 heterocycles. The Morgan fingerprint density at radius 1 is 1.43 bits per heavy atom. The highest BCUT2D eigenvalue weighted by atomic mass is 35.5. The first kappa shape index (κ1) is 16.1. The topological polar surface area (TPSA) is 46.3 Å². The molecule has 122 valence electrons. The lowest BCUT2D eigenvalue weighted by Crippen LogP contribution is -2.36. The van der Waals surface area contributed by atoms with Gasteiger partial charge in [-0.15, -0.1) is 0 Å². The quantitative estimate of drug-likeness (QED) is 0.841. The van der Waals surface area contributed by atoms with Crippen LogP contribution in [0.5, 0.6) is 0 Å². The van der Waals surface area contributed by atoms with Gasteiger partial charge in [0, 0.05) is 12.6 Å². The molecule has 1 aromatic carbocycles. The number of aryl methyl sites for hydroxylation is 1. The zero-order valence-electron chi connectivity index (χ0n) is 13.5. The number of hydrogen-bond donors (Lipinski definition) is 0. The molecule has 3 rings (SSSR count). The van der Waals surface area contributed by atoms with Crippen molar-refractivity contribution in [3.63, 3.8) is 0 Å². The SMILES string of the molecule is CCC1CCCN1C(=O)Cc1nc(-c2ccccc2Cl)oc1C. The van der Waals surface area contributed by atoms with Gasteiger partial charge in [-0.3, -0.25) is 4.79 Å². The second-order valence-electron chi connectivity index (χ2n) is 5.97. The molecule has 23 heavy (non-hydrogen) atoms. The lowest BCUT2D eigenvalue weighted by molar-refractivity contribution is -0.131. The van der Waals surface area contributed by atoms with Crippen LogP contribution < -0.4 is 0 Å². The summed E-state index contributed by atoms with van der Waals surface area (Å²) in [5.74, 6) is 1.29. The van der Waals surface area contributed by atoms with Gasteiger partial charge in [0.25, 0.3) is 0 Å². The molecule has 1 atom stereocenters. The number of benzene rings is 1. The number of carbonyl (C=O) groups is 1. The van der Waals surface area contributed by atoms with E-state index in [0.717, 1.165) is 31.4 Å². The summed E-state index contributed by atoms with van der Waals surface area (Å²) in [6.45, 7) is 4.83. The molecule has 0 aliphatic carbocycles. The van der Waals surface area contributed by atoms with Crippen LogP contribution in [0.2, 0.25) is 5.02 Å². The Bertz CT molecular complexity index is 711. The third-order valence-electron chi connectivity index (χ3n) is 4.48. The van der Waals surface area contributed by atoms with E-state index in [-0.39, 0.29) is 12.3 Å². The molecule has 1 amide bonds. The van der Waals surface area contributed by atoms with E-state index in [4.69, 9.17) is 16.0 Å². The van der Waals surface area contributed by atoms with E-state index >= 15 is 0 Å². The smallest absolute Gasteiger partial charge is 0.228 e. The van der Waals surface area contributed by atoms with Crippen molar-refractivity contribution in [3.8, 4) is 11.5 Å². The van der Waals surface area contributed by atoms with Crippen LogP contribution in [0.3, 0.4) is 0 Å². The van der Waals surface area contributed by atoms with Gasteiger partial charge in [-0.2, -0.15) is 0 Å². The molecule has 1 unspecified atom stereocenters.